The molecule has 22 heavy (non-hydrogen) atoms. The topological polar surface area (TPSA) is 81.2 Å². The Morgan fingerprint density at radius 2 is 2.00 bits per heavy atom. The molecule has 2 rings (SSSR count). The molecule has 0 aliphatic carbocycles. The van der Waals surface area contributed by atoms with Crippen LogP contribution in [0.1, 0.15) is 29.9 Å². The van der Waals surface area contributed by atoms with Crippen LogP contribution < -0.4 is 11.1 Å². The van der Waals surface area contributed by atoms with Crippen molar-refractivity contribution in [1.29, 1.82) is 0 Å². The standard InChI is InChI=1S/C15H19N3O2.2ClH/c1-10-11(14(19)17-9-15(2,3)16)6-7-12(18-10)13-5-4-8-20-13;;/h4-8H,9,16H2,1-3H3,(H,17,19);2*1H. The number of amides is 1. The lowest BCUT2D eigenvalue weighted by atomic mass is 10.1. The smallest absolute Gasteiger partial charge is 0.253 e. The molecule has 122 valence electrons. The number of rotatable bonds is 4. The Balaban J connectivity index is 0.00000220. The maximum atomic E-state index is 12.1. The molecular formula is C15H21Cl2N3O2. The summed E-state index contributed by atoms with van der Waals surface area (Å²) in [6.07, 6.45) is 1.59. The van der Waals surface area contributed by atoms with Gasteiger partial charge in [-0.15, -0.1) is 24.8 Å². The summed E-state index contributed by atoms with van der Waals surface area (Å²) in [4.78, 5) is 16.5. The monoisotopic (exact) mass is 345 g/mol. The zero-order chi connectivity index (χ0) is 14.8. The summed E-state index contributed by atoms with van der Waals surface area (Å²) in [5.74, 6) is 0.516. The first kappa shape index (κ1) is 20.4. The molecule has 2 heterocycles. The van der Waals surface area contributed by atoms with Crippen molar-refractivity contribution >= 4 is 30.7 Å². The molecular weight excluding hydrogens is 325 g/mol. The fourth-order valence-corrected chi connectivity index (χ4v) is 1.77. The molecule has 0 aliphatic rings. The van der Waals surface area contributed by atoms with Gasteiger partial charge in [0.2, 0.25) is 0 Å². The predicted molar refractivity (Wildman–Crippen MR) is 91.8 cm³/mol. The number of nitrogens with zero attached hydrogens (tertiary/aromatic N) is 1. The first-order valence-corrected chi connectivity index (χ1v) is 6.45. The van der Waals surface area contributed by atoms with Gasteiger partial charge in [0.05, 0.1) is 17.5 Å². The average Bonchev–Trinajstić information content (AvgIpc) is 2.88. The third kappa shape index (κ3) is 5.33. The van der Waals surface area contributed by atoms with E-state index < -0.39 is 5.54 Å². The van der Waals surface area contributed by atoms with E-state index in [4.69, 9.17) is 10.2 Å². The van der Waals surface area contributed by atoms with E-state index in [2.05, 4.69) is 10.3 Å². The van der Waals surface area contributed by atoms with Crippen LogP contribution in [0.25, 0.3) is 11.5 Å². The van der Waals surface area contributed by atoms with Gasteiger partial charge in [-0.1, -0.05) is 0 Å². The molecule has 2 aromatic rings. The van der Waals surface area contributed by atoms with Gasteiger partial charge in [-0.25, -0.2) is 4.98 Å². The molecule has 0 bridgehead atoms. The van der Waals surface area contributed by atoms with Gasteiger partial charge < -0.3 is 15.5 Å². The van der Waals surface area contributed by atoms with Gasteiger partial charge in [-0.3, -0.25) is 4.79 Å². The molecule has 5 nitrogen and oxygen atoms in total. The van der Waals surface area contributed by atoms with Crippen LogP contribution in [0.5, 0.6) is 0 Å². The Morgan fingerprint density at radius 1 is 1.32 bits per heavy atom. The first-order valence-electron chi connectivity index (χ1n) is 6.45. The average molecular weight is 346 g/mol. The van der Waals surface area contributed by atoms with E-state index in [9.17, 15) is 4.79 Å². The number of nitrogens with two attached hydrogens (primary N) is 1. The summed E-state index contributed by atoms with van der Waals surface area (Å²) in [5, 5.41) is 2.81. The molecule has 0 aromatic carbocycles. The zero-order valence-corrected chi connectivity index (χ0v) is 14.4. The highest BCUT2D eigenvalue weighted by Crippen LogP contribution is 2.19. The van der Waals surface area contributed by atoms with Crippen molar-refractivity contribution in [2.45, 2.75) is 26.3 Å². The maximum absolute atomic E-state index is 12.1. The molecule has 0 saturated carbocycles. The Bertz CT molecular complexity index is 608. The summed E-state index contributed by atoms with van der Waals surface area (Å²) in [7, 11) is 0. The highest BCUT2D eigenvalue weighted by atomic mass is 35.5. The Labute approximate surface area is 142 Å². The van der Waals surface area contributed by atoms with Crippen LogP contribution in [-0.2, 0) is 0 Å². The minimum absolute atomic E-state index is 0. The van der Waals surface area contributed by atoms with Gasteiger partial charge in [0.15, 0.2) is 5.76 Å². The fraction of sp³-hybridized carbons (Fsp3) is 0.333. The number of hydrogen-bond donors (Lipinski definition) is 2. The van der Waals surface area contributed by atoms with Crippen LogP contribution in [0.3, 0.4) is 0 Å². The minimum atomic E-state index is -0.439. The summed E-state index contributed by atoms with van der Waals surface area (Å²) in [6.45, 7) is 5.93. The van der Waals surface area contributed by atoms with Crippen LogP contribution in [0.15, 0.2) is 34.9 Å². The molecule has 7 heteroatoms. The van der Waals surface area contributed by atoms with Crippen LogP contribution in [0.4, 0.5) is 0 Å². The summed E-state index contributed by atoms with van der Waals surface area (Å²) >= 11 is 0. The van der Waals surface area contributed by atoms with E-state index in [1.165, 1.54) is 0 Å². The van der Waals surface area contributed by atoms with E-state index in [1.807, 2.05) is 19.9 Å². The van der Waals surface area contributed by atoms with Gasteiger partial charge >= 0.3 is 0 Å². The van der Waals surface area contributed by atoms with Crippen LogP contribution in [-0.4, -0.2) is 23.0 Å². The number of furan rings is 1. The van der Waals surface area contributed by atoms with Gasteiger partial charge in [0.1, 0.15) is 5.69 Å². The molecule has 2 aromatic heterocycles. The van der Waals surface area contributed by atoms with Crippen molar-refractivity contribution in [2.24, 2.45) is 5.73 Å². The summed E-state index contributed by atoms with van der Waals surface area (Å²) in [5.41, 5.74) is 7.32. The molecule has 1 amide bonds. The van der Waals surface area contributed by atoms with E-state index in [0.29, 0.717) is 29.3 Å². The van der Waals surface area contributed by atoms with Gasteiger partial charge in [-0.2, -0.15) is 0 Å². The Morgan fingerprint density at radius 3 is 2.50 bits per heavy atom. The predicted octanol–water partition coefficient (Wildman–Crippen LogP) is 2.96. The molecule has 0 atom stereocenters. The van der Waals surface area contributed by atoms with E-state index in [1.54, 1.807) is 31.4 Å². The number of aryl methyl sites for hydroxylation is 1. The fourth-order valence-electron chi connectivity index (χ4n) is 1.77. The van der Waals surface area contributed by atoms with Gasteiger partial charge in [0.25, 0.3) is 5.91 Å². The summed E-state index contributed by atoms with van der Waals surface area (Å²) in [6, 6.07) is 7.15. The zero-order valence-electron chi connectivity index (χ0n) is 12.8. The minimum Gasteiger partial charge on any atom is -0.463 e. The molecule has 0 radical (unpaired) electrons. The molecule has 0 unspecified atom stereocenters. The maximum Gasteiger partial charge on any atom is 0.253 e. The normalized spacial score (nSPS) is 10.4. The van der Waals surface area contributed by atoms with E-state index >= 15 is 0 Å². The van der Waals surface area contributed by atoms with Crippen LogP contribution in [0, 0.1) is 6.92 Å². The number of carbonyl (C=O) groups excluding carboxylic acids is 1. The summed E-state index contributed by atoms with van der Waals surface area (Å²) < 4.78 is 5.29. The Hall–Kier alpha value is -1.56. The second-order valence-electron chi connectivity index (χ2n) is 5.48. The van der Waals surface area contributed by atoms with Crippen molar-refractivity contribution < 1.29 is 9.21 Å². The SMILES string of the molecule is Cc1nc(-c2ccco2)ccc1C(=O)NCC(C)(C)N.Cl.Cl. The number of carbonyl (C=O) groups is 1. The lowest BCUT2D eigenvalue weighted by molar-refractivity contribution is 0.0945. The number of pyridine rings is 1. The number of nitrogens with one attached hydrogen (secondary N) is 1. The van der Waals surface area contributed by atoms with Gasteiger partial charge in [0, 0.05) is 12.1 Å². The van der Waals surface area contributed by atoms with E-state index in [-0.39, 0.29) is 30.7 Å². The second kappa shape index (κ2) is 8.17. The van der Waals surface area contributed by atoms with E-state index in [0.717, 1.165) is 0 Å². The van der Waals surface area contributed by atoms with Crippen molar-refractivity contribution in [3.63, 3.8) is 0 Å². The molecule has 0 fully saturated rings. The molecule has 0 saturated heterocycles. The van der Waals surface area contributed by atoms with Gasteiger partial charge in [-0.05, 0) is 45.0 Å². The molecule has 0 aliphatic heterocycles. The Kier molecular flexibility index (Phi) is 7.59. The van der Waals surface area contributed by atoms with Crippen molar-refractivity contribution in [1.82, 2.24) is 10.3 Å². The highest BCUT2D eigenvalue weighted by molar-refractivity contribution is 5.95. The highest BCUT2D eigenvalue weighted by Gasteiger charge is 2.16. The molecule has 0 spiro atoms. The van der Waals surface area contributed by atoms with Crippen molar-refractivity contribution in [3.05, 3.63) is 41.8 Å². The number of aromatic nitrogens is 1. The van der Waals surface area contributed by atoms with Crippen LogP contribution >= 0.6 is 24.8 Å². The van der Waals surface area contributed by atoms with Crippen LogP contribution in [0.2, 0.25) is 0 Å². The third-order valence-electron chi connectivity index (χ3n) is 2.81. The lowest BCUT2D eigenvalue weighted by Gasteiger charge is -2.19. The quantitative estimate of drug-likeness (QED) is 0.892. The molecule has 3 N–H and O–H groups in total. The van der Waals surface area contributed by atoms with Crippen molar-refractivity contribution in [3.8, 4) is 11.5 Å². The third-order valence-corrected chi connectivity index (χ3v) is 2.81. The lowest BCUT2D eigenvalue weighted by Crippen LogP contribution is -2.45. The first-order chi connectivity index (χ1) is 9.37. The largest absolute Gasteiger partial charge is 0.463 e. The number of hydrogen-bond acceptors (Lipinski definition) is 4. The number of halogens is 2. The second-order valence-corrected chi connectivity index (χ2v) is 5.48. The van der Waals surface area contributed by atoms with Crippen molar-refractivity contribution in [2.75, 3.05) is 6.54 Å².